The zero-order valence-corrected chi connectivity index (χ0v) is 20.0. The third-order valence-corrected chi connectivity index (χ3v) is 8.24. The van der Waals surface area contributed by atoms with Gasteiger partial charge in [-0.3, -0.25) is 0 Å². The number of aromatic nitrogens is 3. The quantitative estimate of drug-likeness (QED) is 0.573. The highest BCUT2D eigenvalue weighted by Crippen LogP contribution is 2.45. The van der Waals surface area contributed by atoms with E-state index in [4.69, 9.17) is 24.4 Å². The molecular weight excluding hydrogens is 422 g/mol. The SMILES string of the molecule is C[C@H]1CCCCN1c1ncnc2c1sc1nc(N3CCOCC3)c3c(c12)CC(C)(C)OC3. The molecule has 0 aromatic carbocycles. The maximum absolute atomic E-state index is 6.26. The highest BCUT2D eigenvalue weighted by atomic mass is 32.1. The Labute approximate surface area is 192 Å². The van der Waals surface area contributed by atoms with Gasteiger partial charge in [0.05, 0.1) is 35.6 Å². The second-order valence-electron chi connectivity index (χ2n) is 9.91. The number of ether oxygens (including phenoxy) is 2. The Morgan fingerprint density at radius 3 is 2.72 bits per heavy atom. The second kappa shape index (κ2) is 7.78. The second-order valence-corrected chi connectivity index (χ2v) is 10.9. The molecule has 0 unspecified atom stereocenters. The first kappa shape index (κ1) is 20.6. The first-order chi connectivity index (χ1) is 15.5. The van der Waals surface area contributed by atoms with E-state index in [1.807, 2.05) is 0 Å². The molecule has 2 saturated heterocycles. The molecule has 2 fully saturated rings. The molecule has 6 heterocycles. The van der Waals surface area contributed by atoms with Gasteiger partial charge in [0.25, 0.3) is 0 Å². The largest absolute Gasteiger partial charge is 0.378 e. The predicted octanol–water partition coefficient (Wildman–Crippen LogP) is 4.31. The summed E-state index contributed by atoms with van der Waals surface area (Å²) in [4.78, 5) is 20.7. The lowest BCUT2D eigenvalue weighted by atomic mass is 9.90. The van der Waals surface area contributed by atoms with E-state index < -0.39 is 0 Å². The van der Waals surface area contributed by atoms with Crippen molar-refractivity contribution in [3.05, 3.63) is 17.5 Å². The monoisotopic (exact) mass is 453 g/mol. The van der Waals surface area contributed by atoms with Gasteiger partial charge < -0.3 is 19.3 Å². The minimum absolute atomic E-state index is 0.199. The Hall–Kier alpha value is -2.03. The Bertz CT molecular complexity index is 1170. The van der Waals surface area contributed by atoms with Crippen molar-refractivity contribution in [1.29, 1.82) is 0 Å². The zero-order chi connectivity index (χ0) is 21.9. The van der Waals surface area contributed by atoms with Crippen LogP contribution in [-0.4, -0.2) is 59.4 Å². The van der Waals surface area contributed by atoms with E-state index in [2.05, 4.69) is 30.6 Å². The van der Waals surface area contributed by atoms with Crippen LogP contribution in [0, 0.1) is 0 Å². The molecule has 0 amide bonds. The van der Waals surface area contributed by atoms with Crippen LogP contribution in [0.3, 0.4) is 0 Å². The maximum atomic E-state index is 6.26. The molecule has 8 heteroatoms. The molecule has 0 bridgehead atoms. The molecule has 3 aromatic heterocycles. The number of thiophene rings is 1. The number of morpholine rings is 1. The van der Waals surface area contributed by atoms with Gasteiger partial charge >= 0.3 is 0 Å². The van der Waals surface area contributed by atoms with E-state index in [0.717, 1.165) is 61.3 Å². The van der Waals surface area contributed by atoms with E-state index in [0.29, 0.717) is 12.6 Å². The van der Waals surface area contributed by atoms with Crippen LogP contribution in [0.4, 0.5) is 11.6 Å². The van der Waals surface area contributed by atoms with Crippen molar-refractivity contribution >= 4 is 43.4 Å². The smallest absolute Gasteiger partial charge is 0.150 e. The molecule has 0 N–H and O–H groups in total. The molecule has 1 atom stereocenters. The summed E-state index contributed by atoms with van der Waals surface area (Å²) in [6.07, 6.45) is 6.35. The fourth-order valence-corrected chi connectivity index (χ4v) is 6.59. The van der Waals surface area contributed by atoms with Gasteiger partial charge in [0.1, 0.15) is 22.8 Å². The van der Waals surface area contributed by atoms with Crippen LogP contribution in [0.15, 0.2) is 6.33 Å². The van der Waals surface area contributed by atoms with E-state index >= 15 is 0 Å². The highest BCUT2D eigenvalue weighted by molar-refractivity contribution is 7.26. The Morgan fingerprint density at radius 1 is 1.06 bits per heavy atom. The van der Waals surface area contributed by atoms with Gasteiger partial charge in [-0.1, -0.05) is 0 Å². The Kier molecular flexibility index (Phi) is 5.00. The minimum Gasteiger partial charge on any atom is -0.378 e. The summed E-state index contributed by atoms with van der Waals surface area (Å²) in [5.74, 6) is 2.15. The molecule has 0 saturated carbocycles. The van der Waals surface area contributed by atoms with E-state index in [-0.39, 0.29) is 5.60 Å². The van der Waals surface area contributed by atoms with Crippen LogP contribution >= 0.6 is 11.3 Å². The van der Waals surface area contributed by atoms with Gasteiger partial charge in [-0.15, -0.1) is 11.3 Å². The number of pyridine rings is 1. The molecule has 0 spiro atoms. The van der Waals surface area contributed by atoms with Crippen molar-refractivity contribution in [3.8, 4) is 0 Å². The summed E-state index contributed by atoms with van der Waals surface area (Å²) in [5, 5.41) is 1.21. The van der Waals surface area contributed by atoms with Crippen LogP contribution in [-0.2, 0) is 22.5 Å². The van der Waals surface area contributed by atoms with Gasteiger partial charge in [0.15, 0.2) is 0 Å². The van der Waals surface area contributed by atoms with Crippen LogP contribution in [0.2, 0.25) is 0 Å². The average Bonchev–Trinajstić information content (AvgIpc) is 3.18. The van der Waals surface area contributed by atoms with Gasteiger partial charge in [0, 0.05) is 43.0 Å². The fourth-order valence-electron chi connectivity index (χ4n) is 5.43. The lowest BCUT2D eigenvalue weighted by Crippen LogP contribution is -2.39. The van der Waals surface area contributed by atoms with Gasteiger partial charge in [-0.2, -0.15) is 0 Å². The van der Waals surface area contributed by atoms with Crippen LogP contribution in [0.1, 0.15) is 51.2 Å². The molecule has 3 aliphatic heterocycles. The van der Waals surface area contributed by atoms with Crippen molar-refractivity contribution in [3.63, 3.8) is 0 Å². The lowest BCUT2D eigenvalue weighted by Gasteiger charge is -2.36. The summed E-state index contributed by atoms with van der Waals surface area (Å²) in [6.45, 7) is 11.6. The molecule has 6 rings (SSSR count). The molecule has 3 aromatic rings. The fraction of sp³-hybridized carbons (Fsp3) is 0.625. The normalized spacial score (nSPS) is 23.7. The van der Waals surface area contributed by atoms with Crippen molar-refractivity contribution < 1.29 is 9.47 Å². The molecule has 32 heavy (non-hydrogen) atoms. The lowest BCUT2D eigenvalue weighted by molar-refractivity contribution is -0.0396. The third kappa shape index (κ3) is 3.35. The predicted molar refractivity (Wildman–Crippen MR) is 129 cm³/mol. The Morgan fingerprint density at radius 2 is 1.91 bits per heavy atom. The average molecular weight is 454 g/mol. The molecule has 0 aliphatic carbocycles. The van der Waals surface area contributed by atoms with Crippen molar-refractivity contribution in [2.24, 2.45) is 0 Å². The van der Waals surface area contributed by atoms with Gasteiger partial charge in [-0.05, 0) is 45.6 Å². The summed E-state index contributed by atoms with van der Waals surface area (Å²) in [7, 11) is 0. The van der Waals surface area contributed by atoms with Gasteiger partial charge in [0.2, 0.25) is 0 Å². The van der Waals surface area contributed by atoms with Crippen molar-refractivity contribution in [2.75, 3.05) is 42.6 Å². The first-order valence-corrected chi connectivity index (χ1v) is 12.7. The number of hydrogen-bond donors (Lipinski definition) is 0. The highest BCUT2D eigenvalue weighted by Gasteiger charge is 2.34. The summed E-state index contributed by atoms with van der Waals surface area (Å²) < 4.78 is 13.0. The number of nitrogens with zero attached hydrogens (tertiary/aromatic N) is 5. The number of hydrogen-bond acceptors (Lipinski definition) is 8. The third-order valence-electron chi connectivity index (χ3n) is 7.17. The summed E-state index contributed by atoms with van der Waals surface area (Å²) in [6, 6.07) is 0.505. The molecular formula is C24H31N5O2S. The number of fused-ring (bicyclic) bond motifs is 5. The first-order valence-electron chi connectivity index (χ1n) is 11.8. The number of piperidine rings is 1. The number of anilines is 2. The zero-order valence-electron chi connectivity index (χ0n) is 19.2. The van der Waals surface area contributed by atoms with Crippen molar-refractivity contribution in [2.45, 2.75) is 64.7 Å². The van der Waals surface area contributed by atoms with Crippen LogP contribution in [0.25, 0.3) is 20.4 Å². The summed E-state index contributed by atoms with van der Waals surface area (Å²) >= 11 is 1.76. The topological polar surface area (TPSA) is 63.6 Å². The minimum atomic E-state index is -0.199. The van der Waals surface area contributed by atoms with Gasteiger partial charge in [-0.25, -0.2) is 15.0 Å². The summed E-state index contributed by atoms with van der Waals surface area (Å²) in [5.41, 5.74) is 3.44. The number of rotatable bonds is 2. The van der Waals surface area contributed by atoms with E-state index in [1.54, 1.807) is 17.7 Å². The standard InChI is InChI=1S/C24H31N5O2S/c1-15-6-4-5-7-29(15)22-20-19(25-14-26-22)18-16-12-24(2,3)31-13-17(16)21(27-23(18)32-20)28-8-10-30-11-9-28/h14-15H,4-13H2,1-3H3/t15-/m0/s1. The molecule has 3 aliphatic rings. The van der Waals surface area contributed by atoms with Crippen LogP contribution < -0.4 is 9.80 Å². The maximum Gasteiger partial charge on any atom is 0.150 e. The molecule has 0 radical (unpaired) electrons. The van der Waals surface area contributed by atoms with E-state index in [9.17, 15) is 0 Å². The van der Waals surface area contributed by atoms with E-state index in [1.165, 1.54) is 40.5 Å². The van der Waals surface area contributed by atoms with Crippen molar-refractivity contribution in [1.82, 2.24) is 15.0 Å². The Balaban J connectivity index is 1.59. The molecule has 7 nitrogen and oxygen atoms in total. The van der Waals surface area contributed by atoms with Crippen LogP contribution in [0.5, 0.6) is 0 Å². The molecule has 170 valence electrons.